The summed E-state index contributed by atoms with van der Waals surface area (Å²) in [6.07, 6.45) is 2.66. The summed E-state index contributed by atoms with van der Waals surface area (Å²) in [6.45, 7) is 0. The van der Waals surface area contributed by atoms with Crippen molar-refractivity contribution in [3.8, 4) is 11.8 Å². The van der Waals surface area contributed by atoms with Gasteiger partial charge in [0.05, 0.1) is 11.8 Å². The van der Waals surface area contributed by atoms with Crippen molar-refractivity contribution in [2.45, 2.75) is 35.2 Å². The highest BCUT2D eigenvalue weighted by Gasteiger charge is 2.39. The molecule has 1 saturated carbocycles. The van der Waals surface area contributed by atoms with Gasteiger partial charge in [0.15, 0.2) is 0 Å². The van der Waals surface area contributed by atoms with Crippen LogP contribution in [0.2, 0.25) is 0 Å². The van der Waals surface area contributed by atoms with E-state index in [-0.39, 0.29) is 0 Å². The maximum Gasteiger partial charge on any atom is 0.214 e. The van der Waals surface area contributed by atoms with Gasteiger partial charge in [-0.25, -0.2) is 0 Å². The summed E-state index contributed by atoms with van der Waals surface area (Å²) in [5, 5.41) is 25.6. The van der Waals surface area contributed by atoms with Crippen LogP contribution in [0.5, 0.6) is 0 Å². The molecule has 7 heteroatoms. The van der Waals surface area contributed by atoms with Crippen LogP contribution in [0.4, 0.5) is 0 Å². The number of hydrogen-bond acceptors (Lipinski definition) is 6. The fourth-order valence-corrected chi connectivity index (χ4v) is 3.85. The summed E-state index contributed by atoms with van der Waals surface area (Å²) in [7, 11) is 1.85. The Bertz CT molecular complexity index is 649. The lowest BCUT2D eigenvalue weighted by molar-refractivity contribution is 0.464. The summed E-state index contributed by atoms with van der Waals surface area (Å²) in [4.78, 5) is 0. The Balaban J connectivity index is 1.76. The molecule has 6 nitrogen and oxygen atoms in total. The molecular weight excluding hydrogens is 284 g/mol. The number of aromatic nitrogens is 4. The van der Waals surface area contributed by atoms with E-state index < -0.39 is 5.54 Å². The zero-order valence-electron chi connectivity index (χ0n) is 11.7. The van der Waals surface area contributed by atoms with Crippen LogP contribution in [0.3, 0.4) is 0 Å². The Morgan fingerprint density at radius 1 is 1.43 bits per heavy atom. The molecule has 21 heavy (non-hydrogen) atoms. The molecule has 0 aliphatic heterocycles. The van der Waals surface area contributed by atoms with E-state index in [4.69, 9.17) is 0 Å². The summed E-state index contributed by atoms with van der Waals surface area (Å²) in [5.41, 5.74) is 0.547. The molecule has 3 rings (SSSR count). The van der Waals surface area contributed by atoms with Gasteiger partial charge in [0.25, 0.3) is 0 Å². The first-order valence-corrected chi connectivity index (χ1v) is 7.75. The number of nitrogens with one attached hydrogen (secondary N) is 1. The Kier molecular flexibility index (Phi) is 3.90. The van der Waals surface area contributed by atoms with E-state index in [9.17, 15) is 5.26 Å². The quantitative estimate of drug-likeness (QED) is 0.927. The normalized spacial score (nSPS) is 24.9. The fourth-order valence-electron chi connectivity index (χ4n) is 2.62. The standard InChI is InChI=1S/C14H16N6S/c1-16-14(10-15)8-7-12(9-14)21-13-17-18-19-20(13)11-5-3-2-4-6-11/h2-6,12,16H,7-9H2,1H3. The molecule has 1 N–H and O–H groups in total. The summed E-state index contributed by atoms with van der Waals surface area (Å²) >= 11 is 1.65. The Morgan fingerprint density at radius 2 is 2.24 bits per heavy atom. The predicted molar refractivity (Wildman–Crippen MR) is 80.1 cm³/mol. The lowest BCUT2D eigenvalue weighted by Crippen LogP contribution is -2.38. The first-order chi connectivity index (χ1) is 10.3. The van der Waals surface area contributed by atoms with Gasteiger partial charge in [-0.1, -0.05) is 30.0 Å². The fraction of sp³-hybridized carbons (Fsp3) is 0.429. The molecule has 2 atom stereocenters. The van der Waals surface area contributed by atoms with Gasteiger partial charge in [0.1, 0.15) is 5.54 Å². The Hall–Kier alpha value is -1.91. The van der Waals surface area contributed by atoms with E-state index in [0.29, 0.717) is 5.25 Å². The molecule has 1 heterocycles. The van der Waals surface area contributed by atoms with Crippen LogP contribution in [0.15, 0.2) is 35.5 Å². The first-order valence-electron chi connectivity index (χ1n) is 6.87. The van der Waals surface area contributed by atoms with Crippen LogP contribution < -0.4 is 5.32 Å². The summed E-state index contributed by atoms with van der Waals surface area (Å²) in [6, 6.07) is 12.2. The number of nitriles is 1. The van der Waals surface area contributed by atoms with Gasteiger partial charge in [-0.3, -0.25) is 0 Å². The first kappa shape index (κ1) is 14.0. The molecule has 0 amide bonds. The van der Waals surface area contributed by atoms with Gasteiger partial charge in [-0.05, 0) is 48.9 Å². The summed E-state index contributed by atoms with van der Waals surface area (Å²) < 4.78 is 1.75. The van der Waals surface area contributed by atoms with E-state index in [1.54, 1.807) is 16.4 Å². The van der Waals surface area contributed by atoms with Crippen molar-refractivity contribution in [3.05, 3.63) is 30.3 Å². The number of nitrogens with zero attached hydrogens (tertiary/aromatic N) is 5. The van der Waals surface area contributed by atoms with Gasteiger partial charge in [0, 0.05) is 5.25 Å². The van der Waals surface area contributed by atoms with E-state index in [2.05, 4.69) is 26.9 Å². The molecule has 0 saturated heterocycles. The number of hydrogen-bond donors (Lipinski definition) is 1. The predicted octanol–water partition coefficient (Wildman–Crippen LogP) is 1.79. The van der Waals surface area contributed by atoms with Crippen LogP contribution in [0, 0.1) is 11.3 Å². The molecule has 2 aromatic rings. The molecule has 0 radical (unpaired) electrons. The van der Waals surface area contributed by atoms with Crippen molar-refractivity contribution in [2.75, 3.05) is 7.05 Å². The monoisotopic (exact) mass is 300 g/mol. The zero-order chi connectivity index (χ0) is 14.7. The average molecular weight is 300 g/mol. The van der Waals surface area contributed by atoms with Crippen LogP contribution in [0.1, 0.15) is 19.3 Å². The largest absolute Gasteiger partial charge is 0.302 e. The van der Waals surface area contributed by atoms with Gasteiger partial charge >= 0.3 is 0 Å². The smallest absolute Gasteiger partial charge is 0.214 e. The van der Waals surface area contributed by atoms with Gasteiger partial charge < -0.3 is 5.32 Å². The van der Waals surface area contributed by atoms with Gasteiger partial charge in [-0.15, -0.1) is 5.10 Å². The third-order valence-corrected chi connectivity index (χ3v) is 5.08. The van der Waals surface area contributed by atoms with Crippen molar-refractivity contribution >= 4 is 11.8 Å². The molecule has 2 unspecified atom stereocenters. The zero-order valence-corrected chi connectivity index (χ0v) is 12.5. The second kappa shape index (κ2) is 5.84. The highest BCUT2D eigenvalue weighted by molar-refractivity contribution is 7.99. The number of rotatable bonds is 4. The van der Waals surface area contributed by atoms with E-state index >= 15 is 0 Å². The highest BCUT2D eigenvalue weighted by Crippen LogP contribution is 2.39. The molecule has 1 aromatic carbocycles. The lowest BCUT2D eigenvalue weighted by atomic mass is 10.0. The second-order valence-corrected chi connectivity index (χ2v) is 6.40. The third kappa shape index (κ3) is 2.77. The van der Waals surface area contributed by atoms with Crippen LogP contribution in [-0.2, 0) is 0 Å². The highest BCUT2D eigenvalue weighted by atomic mass is 32.2. The van der Waals surface area contributed by atoms with Crippen LogP contribution in [-0.4, -0.2) is 38.0 Å². The number of thioether (sulfide) groups is 1. The van der Waals surface area contributed by atoms with Crippen molar-refractivity contribution in [1.82, 2.24) is 25.5 Å². The van der Waals surface area contributed by atoms with Crippen molar-refractivity contribution in [2.24, 2.45) is 0 Å². The molecule has 108 valence electrons. The Morgan fingerprint density at radius 3 is 2.90 bits per heavy atom. The Labute approximate surface area is 127 Å². The molecule has 1 fully saturated rings. The molecule has 0 spiro atoms. The minimum absolute atomic E-state index is 0.352. The maximum absolute atomic E-state index is 9.33. The molecule has 0 bridgehead atoms. The number of benzene rings is 1. The molecule has 1 aliphatic carbocycles. The minimum Gasteiger partial charge on any atom is -0.302 e. The topological polar surface area (TPSA) is 79.4 Å². The van der Waals surface area contributed by atoms with E-state index in [1.165, 1.54) is 0 Å². The molecule has 1 aliphatic rings. The van der Waals surface area contributed by atoms with E-state index in [1.807, 2.05) is 37.4 Å². The maximum atomic E-state index is 9.33. The van der Waals surface area contributed by atoms with E-state index in [0.717, 1.165) is 30.1 Å². The third-order valence-electron chi connectivity index (χ3n) is 3.88. The van der Waals surface area contributed by atoms with Crippen molar-refractivity contribution < 1.29 is 0 Å². The van der Waals surface area contributed by atoms with Gasteiger partial charge in [0.2, 0.25) is 5.16 Å². The van der Waals surface area contributed by atoms with Crippen molar-refractivity contribution in [3.63, 3.8) is 0 Å². The average Bonchev–Trinajstić information content (AvgIpc) is 3.16. The second-order valence-electron chi connectivity index (χ2n) is 5.14. The molecule has 1 aromatic heterocycles. The number of para-hydroxylation sites is 1. The SMILES string of the molecule is CNC1(C#N)CCC(Sc2nnnn2-c2ccccc2)C1. The molecular formula is C14H16N6S. The lowest BCUT2D eigenvalue weighted by Gasteiger charge is -2.19. The van der Waals surface area contributed by atoms with Crippen LogP contribution >= 0.6 is 11.8 Å². The van der Waals surface area contributed by atoms with Crippen molar-refractivity contribution in [1.29, 1.82) is 5.26 Å². The van der Waals surface area contributed by atoms with Gasteiger partial charge in [-0.2, -0.15) is 9.94 Å². The van der Waals surface area contributed by atoms with Crippen LogP contribution in [0.25, 0.3) is 5.69 Å². The number of tetrazole rings is 1. The minimum atomic E-state index is -0.400. The summed E-state index contributed by atoms with van der Waals surface area (Å²) in [5.74, 6) is 0.